The van der Waals surface area contributed by atoms with E-state index in [4.69, 9.17) is 33.9 Å². The summed E-state index contributed by atoms with van der Waals surface area (Å²) in [5, 5.41) is 6.60. The second-order valence-corrected chi connectivity index (χ2v) is 9.26. The lowest BCUT2D eigenvalue weighted by Crippen LogP contribution is -2.43. The number of rotatable bonds is 3. The summed E-state index contributed by atoms with van der Waals surface area (Å²) in [4.78, 5) is 22.3. The van der Waals surface area contributed by atoms with Crippen molar-refractivity contribution in [1.82, 2.24) is 14.8 Å². The van der Waals surface area contributed by atoms with Crippen molar-refractivity contribution in [2.24, 2.45) is 15.8 Å². The van der Waals surface area contributed by atoms with E-state index in [1.54, 1.807) is 23.2 Å². The van der Waals surface area contributed by atoms with Gasteiger partial charge in [0.25, 0.3) is 5.91 Å². The van der Waals surface area contributed by atoms with E-state index in [0.717, 1.165) is 50.2 Å². The standard InChI is InChI=1S/C23H28Cl2N6O/c1-15-13-31(27-2)21(28-22(15)29-10-8-17(26)14-29)12-18-5-3-4-9-30(18)23(32)16-6-7-19(24)20(25)11-16/h6-7,11-13,17-18H,2-5,8-10,14,26H2,1H3/b21-12-/t17-,18?/m0/s1. The van der Waals surface area contributed by atoms with E-state index in [1.165, 1.54) is 0 Å². The van der Waals surface area contributed by atoms with Gasteiger partial charge in [-0.05, 0) is 56.9 Å². The molecule has 32 heavy (non-hydrogen) atoms. The summed E-state index contributed by atoms with van der Waals surface area (Å²) in [6.45, 7) is 8.04. The van der Waals surface area contributed by atoms with Gasteiger partial charge in [0.15, 0.2) is 5.82 Å². The number of halogens is 2. The van der Waals surface area contributed by atoms with E-state index >= 15 is 0 Å². The molecule has 0 aromatic heterocycles. The third kappa shape index (κ3) is 4.70. The summed E-state index contributed by atoms with van der Waals surface area (Å²) in [6.07, 6.45) is 7.73. The van der Waals surface area contributed by atoms with Crippen LogP contribution < -0.4 is 5.73 Å². The maximum Gasteiger partial charge on any atom is 0.254 e. The first kappa shape index (κ1) is 22.8. The van der Waals surface area contributed by atoms with Crippen molar-refractivity contribution in [2.75, 3.05) is 19.6 Å². The van der Waals surface area contributed by atoms with Crippen LogP contribution in [-0.2, 0) is 0 Å². The zero-order chi connectivity index (χ0) is 22.8. The number of hydrogen-bond acceptors (Lipinski definition) is 6. The van der Waals surface area contributed by atoms with Gasteiger partial charge in [-0.25, -0.2) is 10.0 Å². The number of benzene rings is 1. The summed E-state index contributed by atoms with van der Waals surface area (Å²) in [7, 11) is 0. The molecule has 3 heterocycles. The second-order valence-electron chi connectivity index (χ2n) is 8.44. The molecule has 1 unspecified atom stereocenters. The number of amidine groups is 1. The van der Waals surface area contributed by atoms with E-state index in [1.807, 2.05) is 24.1 Å². The largest absolute Gasteiger partial charge is 0.355 e. The van der Waals surface area contributed by atoms with Crippen molar-refractivity contribution in [1.29, 1.82) is 0 Å². The summed E-state index contributed by atoms with van der Waals surface area (Å²) in [5.41, 5.74) is 7.65. The van der Waals surface area contributed by atoms with Gasteiger partial charge in [-0.15, -0.1) is 0 Å². The SMILES string of the molecule is C=NN1C=C(C)C(N2CC[C@H](N)C2)=N/C1=C/C1CCCCN1C(=O)c1ccc(Cl)c(Cl)c1. The van der Waals surface area contributed by atoms with Crippen LogP contribution in [0.2, 0.25) is 10.0 Å². The van der Waals surface area contributed by atoms with Crippen LogP contribution in [0.4, 0.5) is 0 Å². The normalized spacial score (nSPS) is 25.1. The molecule has 1 aromatic carbocycles. The molecule has 2 saturated heterocycles. The van der Waals surface area contributed by atoms with Crippen LogP contribution in [0.15, 0.2) is 52.0 Å². The smallest absolute Gasteiger partial charge is 0.254 e. The van der Waals surface area contributed by atoms with Crippen molar-refractivity contribution in [3.63, 3.8) is 0 Å². The molecule has 0 radical (unpaired) electrons. The van der Waals surface area contributed by atoms with Gasteiger partial charge < -0.3 is 15.5 Å². The Labute approximate surface area is 198 Å². The Morgan fingerprint density at radius 2 is 2.06 bits per heavy atom. The highest BCUT2D eigenvalue weighted by molar-refractivity contribution is 6.42. The number of amides is 1. The predicted molar refractivity (Wildman–Crippen MR) is 130 cm³/mol. The molecule has 170 valence electrons. The molecule has 0 spiro atoms. The molecule has 0 saturated carbocycles. The first-order valence-electron chi connectivity index (χ1n) is 10.9. The zero-order valence-corrected chi connectivity index (χ0v) is 19.7. The highest BCUT2D eigenvalue weighted by Crippen LogP contribution is 2.28. The lowest BCUT2D eigenvalue weighted by molar-refractivity contribution is 0.0662. The van der Waals surface area contributed by atoms with Crippen molar-refractivity contribution in [3.05, 3.63) is 57.5 Å². The molecule has 0 aliphatic carbocycles. The van der Waals surface area contributed by atoms with Crippen LogP contribution in [0.1, 0.15) is 43.0 Å². The Hall–Kier alpha value is -2.35. The van der Waals surface area contributed by atoms with Gasteiger partial charge in [0.1, 0.15) is 5.84 Å². The fourth-order valence-corrected chi connectivity index (χ4v) is 4.73. The molecule has 4 rings (SSSR count). The number of hydrazone groups is 1. The maximum absolute atomic E-state index is 13.3. The van der Waals surface area contributed by atoms with Gasteiger partial charge in [-0.3, -0.25) is 4.79 Å². The minimum atomic E-state index is -0.109. The van der Waals surface area contributed by atoms with E-state index in [9.17, 15) is 4.79 Å². The summed E-state index contributed by atoms with van der Waals surface area (Å²) >= 11 is 12.2. The molecule has 1 amide bonds. The van der Waals surface area contributed by atoms with Crippen LogP contribution in [0.3, 0.4) is 0 Å². The molecular formula is C23H28Cl2N6O. The Bertz CT molecular complexity index is 1000. The molecule has 1 aromatic rings. The van der Waals surface area contributed by atoms with E-state index < -0.39 is 0 Å². The van der Waals surface area contributed by atoms with Crippen molar-refractivity contribution in [3.8, 4) is 0 Å². The third-order valence-electron chi connectivity index (χ3n) is 6.12. The number of aliphatic imine (C=N–C) groups is 1. The first-order chi connectivity index (χ1) is 15.4. The molecule has 0 bridgehead atoms. The number of carbonyl (C=O) groups excluding carboxylic acids is 1. The fraction of sp³-hybridized carbons (Fsp3) is 0.435. The van der Waals surface area contributed by atoms with Crippen LogP contribution in [0.5, 0.6) is 0 Å². The zero-order valence-electron chi connectivity index (χ0n) is 18.2. The summed E-state index contributed by atoms with van der Waals surface area (Å²) in [5.74, 6) is 1.50. The van der Waals surface area contributed by atoms with Crippen LogP contribution in [-0.4, -0.2) is 65.0 Å². The van der Waals surface area contributed by atoms with Crippen molar-refractivity contribution >= 4 is 41.7 Å². The quantitative estimate of drug-likeness (QED) is 0.668. The number of nitrogens with zero attached hydrogens (tertiary/aromatic N) is 5. The first-order valence-corrected chi connectivity index (χ1v) is 11.6. The average molecular weight is 475 g/mol. The van der Waals surface area contributed by atoms with Gasteiger partial charge >= 0.3 is 0 Å². The minimum Gasteiger partial charge on any atom is -0.355 e. The third-order valence-corrected chi connectivity index (χ3v) is 6.86. The van der Waals surface area contributed by atoms with Gasteiger partial charge in [-0.2, -0.15) is 5.10 Å². The van der Waals surface area contributed by atoms with Crippen LogP contribution in [0, 0.1) is 0 Å². The van der Waals surface area contributed by atoms with Gasteiger partial charge in [0.2, 0.25) is 0 Å². The van der Waals surface area contributed by atoms with Gasteiger partial charge in [0.05, 0.1) is 16.1 Å². The van der Waals surface area contributed by atoms with Gasteiger partial charge in [0, 0.05) is 49.7 Å². The maximum atomic E-state index is 13.3. The molecule has 3 aliphatic rings. The van der Waals surface area contributed by atoms with E-state index in [2.05, 4.69) is 16.7 Å². The van der Waals surface area contributed by atoms with E-state index in [0.29, 0.717) is 28.0 Å². The fourth-order valence-electron chi connectivity index (χ4n) is 4.43. The Balaban J connectivity index is 1.64. The lowest BCUT2D eigenvalue weighted by atomic mass is 10.00. The Morgan fingerprint density at radius 3 is 2.75 bits per heavy atom. The molecule has 2 N–H and O–H groups in total. The molecule has 2 fully saturated rings. The van der Waals surface area contributed by atoms with Crippen LogP contribution >= 0.6 is 23.2 Å². The number of likely N-dealkylation sites (tertiary alicyclic amines) is 2. The highest BCUT2D eigenvalue weighted by atomic mass is 35.5. The average Bonchev–Trinajstić information content (AvgIpc) is 3.22. The molecule has 2 atom stereocenters. The van der Waals surface area contributed by atoms with Crippen molar-refractivity contribution in [2.45, 2.75) is 44.7 Å². The Kier molecular flexibility index (Phi) is 6.88. The second kappa shape index (κ2) is 9.65. The molecular weight excluding hydrogens is 447 g/mol. The topological polar surface area (TPSA) is 77.5 Å². The molecule has 3 aliphatic heterocycles. The number of hydrogen-bond donors (Lipinski definition) is 1. The highest BCUT2D eigenvalue weighted by Gasteiger charge is 2.30. The lowest BCUT2D eigenvalue weighted by Gasteiger charge is -2.35. The Morgan fingerprint density at radius 1 is 1.25 bits per heavy atom. The number of carbonyl (C=O) groups is 1. The minimum absolute atomic E-state index is 0.0690. The number of nitrogens with two attached hydrogens (primary N) is 1. The summed E-state index contributed by atoms with van der Waals surface area (Å²) in [6, 6.07) is 5.05. The van der Waals surface area contributed by atoms with Gasteiger partial charge in [-0.1, -0.05) is 23.2 Å². The molecule has 7 nitrogen and oxygen atoms in total. The predicted octanol–water partition coefficient (Wildman–Crippen LogP) is 4.10. The monoisotopic (exact) mass is 474 g/mol. The van der Waals surface area contributed by atoms with Crippen molar-refractivity contribution < 1.29 is 4.79 Å². The summed E-state index contributed by atoms with van der Waals surface area (Å²) < 4.78 is 0. The van der Waals surface area contributed by atoms with Crippen LogP contribution in [0.25, 0.3) is 0 Å². The number of piperidine rings is 1. The van der Waals surface area contributed by atoms with E-state index in [-0.39, 0.29) is 18.0 Å². The molecule has 9 heteroatoms.